The third-order valence-electron chi connectivity index (χ3n) is 3.10. The number of nitrogens with zero attached hydrogens (tertiary/aromatic N) is 2. The Morgan fingerprint density at radius 2 is 2.50 bits per heavy atom. The fourth-order valence-corrected chi connectivity index (χ4v) is 2.23. The number of nitrogens with one attached hydrogen (secondary N) is 1. The topological polar surface area (TPSA) is 54.5 Å². The lowest BCUT2D eigenvalue weighted by Crippen LogP contribution is -2.55. The van der Waals surface area contributed by atoms with Gasteiger partial charge in [-0.1, -0.05) is 0 Å². The van der Waals surface area contributed by atoms with Crippen LogP contribution in [0.5, 0.6) is 0 Å². The molecule has 1 atom stereocenters. The summed E-state index contributed by atoms with van der Waals surface area (Å²) in [7, 11) is 0. The van der Waals surface area contributed by atoms with Crippen LogP contribution in [0.15, 0.2) is 18.5 Å². The molecule has 1 aliphatic rings. The second kappa shape index (κ2) is 5.82. The number of hydrogen-bond donors (Lipinski definition) is 1. The second-order valence-electron chi connectivity index (χ2n) is 4.33. The SMILES string of the molecule is CCOC(=O)C1CNCCN1c1ccncc1C. The van der Waals surface area contributed by atoms with Gasteiger partial charge in [0, 0.05) is 37.7 Å². The average Bonchev–Trinajstić information content (AvgIpc) is 2.40. The zero-order valence-corrected chi connectivity index (χ0v) is 10.8. The molecule has 1 N–H and O–H groups in total. The van der Waals surface area contributed by atoms with Crippen LogP contribution in [-0.4, -0.2) is 43.2 Å². The molecule has 18 heavy (non-hydrogen) atoms. The molecule has 98 valence electrons. The number of aryl methyl sites for hydroxylation is 1. The van der Waals surface area contributed by atoms with E-state index in [1.165, 1.54) is 0 Å². The van der Waals surface area contributed by atoms with E-state index in [-0.39, 0.29) is 12.0 Å². The highest BCUT2D eigenvalue weighted by atomic mass is 16.5. The number of ether oxygens (including phenoxy) is 1. The number of aromatic nitrogens is 1. The van der Waals surface area contributed by atoms with E-state index in [1.54, 1.807) is 6.20 Å². The summed E-state index contributed by atoms with van der Waals surface area (Å²) in [6.45, 7) is 6.55. The third kappa shape index (κ3) is 2.61. The molecule has 2 rings (SSSR count). The molecule has 5 heteroatoms. The quantitative estimate of drug-likeness (QED) is 0.800. The smallest absolute Gasteiger partial charge is 0.330 e. The summed E-state index contributed by atoms with van der Waals surface area (Å²) in [6, 6.07) is 1.70. The van der Waals surface area contributed by atoms with Crippen molar-refractivity contribution in [2.45, 2.75) is 19.9 Å². The van der Waals surface area contributed by atoms with E-state index in [4.69, 9.17) is 4.74 Å². The molecule has 2 heterocycles. The van der Waals surface area contributed by atoms with Crippen molar-refractivity contribution in [3.05, 3.63) is 24.0 Å². The van der Waals surface area contributed by atoms with Gasteiger partial charge in [-0.25, -0.2) is 4.79 Å². The molecule has 0 amide bonds. The average molecular weight is 249 g/mol. The van der Waals surface area contributed by atoms with Gasteiger partial charge in [0.05, 0.1) is 6.61 Å². The first-order chi connectivity index (χ1) is 8.74. The maximum atomic E-state index is 12.0. The van der Waals surface area contributed by atoms with Crippen LogP contribution in [-0.2, 0) is 9.53 Å². The fourth-order valence-electron chi connectivity index (χ4n) is 2.23. The highest BCUT2D eigenvalue weighted by Gasteiger charge is 2.30. The molecule has 0 spiro atoms. The van der Waals surface area contributed by atoms with Crippen LogP contribution >= 0.6 is 0 Å². The maximum Gasteiger partial charge on any atom is 0.330 e. The normalized spacial score (nSPS) is 19.7. The Morgan fingerprint density at radius 3 is 3.22 bits per heavy atom. The summed E-state index contributed by atoms with van der Waals surface area (Å²) in [5.41, 5.74) is 2.14. The second-order valence-corrected chi connectivity index (χ2v) is 4.33. The van der Waals surface area contributed by atoms with Crippen molar-refractivity contribution in [1.29, 1.82) is 0 Å². The van der Waals surface area contributed by atoms with Gasteiger partial charge in [-0.3, -0.25) is 4.98 Å². The van der Waals surface area contributed by atoms with Gasteiger partial charge in [-0.2, -0.15) is 0 Å². The Hall–Kier alpha value is -1.62. The summed E-state index contributed by atoms with van der Waals surface area (Å²) in [6.07, 6.45) is 3.58. The molecule has 1 aliphatic heterocycles. The summed E-state index contributed by atoms with van der Waals surface area (Å²) in [5, 5.41) is 3.24. The summed E-state index contributed by atoms with van der Waals surface area (Å²) in [4.78, 5) is 18.2. The molecule has 0 aromatic carbocycles. The molecule has 1 fully saturated rings. The van der Waals surface area contributed by atoms with Gasteiger partial charge < -0.3 is 15.0 Å². The van der Waals surface area contributed by atoms with Gasteiger partial charge >= 0.3 is 5.97 Å². The standard InChI is InChI=1S/C13H19N3O2/c1-3-18-13(17)12-9-15-6-7-16(12)11-4-5-14-8-10(11)2/h4-5,8,12,15H,3,6-7,9H2,1-2H3. The molecule has 1 unspecified atom stereocenters. The van der Waals surface area contributed by atoms with Crippen LogP contribution in [0.2, 0.25) is 0 Å². The van der Waals surface area contributed by atoms with Crippen molar-refractivity contribution < 1.29 is 9.53 Å². The fraction of sp³-hybridized carbons (Fsp3) is 0.538. The highest BCUT2D eigenvalue weighted by Crippen LogP contribution is 2.22. The summed E-state index contributed by atoms with van der Waals surface area (Å²) >= 11 is 0. The number of rotatable bonds is 3. The number of piperazine rings is 1. The van der Waals surface area contributed by atoms with E-state index in [2.05, 4.69) is 15.2 Å². The molecule has 0 bridgehead atoms. The molecule has 5 nitrogen and oxygen atoms in total. The third-order valence-corrected chi connectivity index (χ3v) is 3.10. The minimum atomic E-state index is -0.250. The highest BCUT2D eigenvalue weighted by molar-refractivity contribution is 5.81. The number of carbonyl (C=O) groups is 1. The Morgan fingerprint density at radius 1 is 1.67 bits per heavy atom. The Balaban J connectivity index is 2.23. The molecule has 1 saturated heterocycles. The van der Waals surface area contributed by atoms with Crippen LogP contribution in [0, 0.1) is 6.92 Å². The van der Waals surface area contributed by atoms with Crippen LogP contribution in [0.4, 0.5) is 5.69 Å². The molecule has 0 aliphatic carbocycles. The molecule has 1 aromatic heterocycles. The first-order valence-electron chi connectivity index (χ1n) is 6.28. The van der Waals surface area contributed by atoms with Crippen LogP contribution < -0.4 is 10.2 Å². The minimum absolute atomic E-state index is 0.166. The lowest BCUT2D eigenvalue weighted by Gasteiger charge is -2.36. The zero-order valence-electron chi connectivity index (χ0n) is 10.8. The van der Waals surface area contributed by atoms with Crippen molar-refractivity contribution in [1.82, 2.24) is 10.3 Å². The van der Waals surface area contributed by atoms with Crippen molar-refractivity contribution >= 4 is 11.7 Å². The van der Waals surface area contributed by atoms with Crippen molar-refractivity contribution in [2.75, 3.05) is 31.1 Å². The number of anilines is 1. The minimum Gasteiger partial charge on any atom is -0.464 e. The lowest BCUT2D eigenvalue weighted by atomic mass is 10.1. The Bertz CT molecular complexity index is 422. The van der Waals surface area contributed by atoms with Crippen LogP contribution in [0.3, 0.4) is 0 Å². The van der Waals surface area contributed by atoms with E-state index in [0.717, 1.165) is 24.3 Å². The van der Waals surface area contributed by atoms with Gasteiger partial charge in [0.25, 0.3) is 0 Å². The summed E-state index contributed by atoms with van der Waals surface area (Å²) < 4.78 is 5.14. The van der Waals surface area contributed by atoms with Crippen molar-refractivity contribution in [3.8, 4) is 0 Å². The van der Waals surface area contributed by atoms with Gasteiger partial charge in [0.2, 0.25) is 0 Å². The molecule has 1 aromatic rings. The van der Waals surface area contributed by atoms with E-state index in [1.807, 2.05) is 26.1 Å². The number of esters is 1. The van der Waals surface area contributed by atoms with Gasteiger partial charge in [-0.15, -0.1) is 0 Å². The number of hydrogen-bond acceptors (Lipinski definition) is 5. The Labute approximate surface area is 107 Å². The molecular weight excluding hydrogens is 230 g/mol. The zero-order chi connectivity index (χ0) is 13.0. The van der Waals surface area contributed by atoms with Crippen LogP contribution in [0.25, 0.3) is 0 Å². The Kier molecular flexibility index (Phi) is 4.15. The van der Waals surface area contributed by atoms with Crippen molar-refractivity contribution in [3.63, 3.8) is 0 Å². The first-order valence-corrected chi connectivity index (χ1v) is 6.28. The molecule has 0 saturated carbocycles. The predicted octanol–water partition coefficient (Wildman–Crippen LogP) is 0.731. The van der Waals surface area contributed by atoms with E-state index in [9.17, 15) is 4.79 Å². The largest absolute Gasteiger partial charge is 0.464 e. The lowest BCUT2D eigenvalue weighted by molar-refractivity contribution is -0.144. The predicted molar refractivity (Wildman–Crippen MR) is 69.6 cm³/mol. The number of carbonyl (C=O) groups excluding carboxylic acids is 1. The van der Waals surface area contributed by atoms with Crippen LogP contribution in [0.1, 0.15) is 12.5 Å². The molecule has 0 radical (unpaired) electrons. The summed E-state index contributed by atoms with van der Waals surface area (Å²) in [5.74, 6) is -0.166. The van der Waals surface area contributed by atoms with E-state index in [0.29, 0.717) is 13.2 Å². The van der Waals surface area contributed by atoms with Gasteiger partial charge in [0.1, 0.15) is 6.04 Å². The van der Waals surface area contributed by atoms with Crippen molar-refractivity contribution in [2.24, 2.45) is 0 Å². The molecular formula is C13H19N3O2. The maximum absolute atomic E-state index is 12.0. The van der Waals surface area contributed by atoms with E-state index >= 15 is 0 Å². The monoisotopic (exact) mass is 249 g/mol. The van der Waals surface area contributed by atoms with Gasteiger partial charge in [0.15, 0.2) is 0 Å². The van der Waals surface area contributed by atoms with Gasteiger partial charge in [-0.05, 0) is 25.5 Å². The number of pyridine rings is 1. The van der Waals surface area contributed by atoms with E-state index < -0.39 is 0 Å². The first kappa shape index (κ1) is 12.8.